The number of aromatic hydroxyl groups is 1. The molecular weight excluding hydrogens is 368 g/mol. The summed E-state index contributed by atoms with van der Waals surface area (Å²) in [4.78, 5) is 9.10. The van der Waals surface area contributed by atoms with Crippen molar-refractivity contribution in [2.45, 2.75) is 18.9 Å². The highest BCUT2D eigenvalue weighted by Crippen LogP contribution is 2.31. The van der Waals surface area contributed by atoms with E-state index in [-0.39, 0.29) is 5.75 Å². The zero-order chi connectivity index (χ0) is 20.1. The third-order valence-electron chi connectivity index (χ3n) is 4.85. The zero-order valence-corrected chi connectivity index (χ0v) is 16.3. The standard InChI is InChI=1S/C22H24N4O3/c1-28-18-8-10-19(11-9-18)29-22-20(24-13-16-3-2-12-23-16)14-25-21(26-22)15-4-6-17(27)7-5-15/h4-11,14,16,23-24,27H,2-3,12-13H2,1H3/t16-/m0/s1. The first kappa shape index (κ1) is 19.0. The Bertz CT molecular complexity index is 939. The van der Waals surface area contributed by atoms with Crippen LogP contribution in [0.2, 0.25) is 0 Å². The molecule has 4 rings (SSSR count). The molecule has 0 spiro atoms. The molecule has 1 aliphatic heterocycles. The van der Waals surface area contributed by atoms with Crippen molar-refractivity contribution in [3.05, 3.63) is 54.7 Å². The van der Waals surface area contributed by atoms with Crippen LogP contribution in [-0.4, -0.2) is 41.3 Å². The first-order chi connectivity index (χ1) is 14.2. The summed E-state index contributed by atoms with van der Waals surface area (Å²) in [5, 5.41) is 16.4. The number of hydrogen-bond donors (Lipinski definition) is 3. The molecule has 0 bridgehead atoms. The van der Waals surface area contributed by atoms with Gasteiger partial charge in [0.2, 0.25) is 5.88 Å². The van der Waals surface area contributed by atoms with Crippen LogP contribution < -0.4 is 20.1 Å². The molecule has 0 saturated carbocycles. The predicted octanol–water partition coefficient (Wildman–Crippen LogP) is 3.81. The van der Waals surface area contributed by atoms with E-state index in [0.29, 0.717) is 23.5 Å². The molecule has 0 aliphatic carbocycles. The highest BCUT2D eigenvalue weighted by molar-refractivity contribution is 5.61. The van der Waals surface area contributed by atoms with Crippen molar-refractivity contribution in [2.24, 2.45) is 0 Å². The lowest BCUT2D eigenvalue weighted by atomic mass is 10.2. The van der Waals surface area contributed by atoms with Crippen molar-refractivity contribution >= 4 is 5.69 Å². The molecular formula is C22H24N4O3. The Labute approximate surface area is 169 Å². The molecule has 3 aromatic rings. The van der Waals surface area contributed by atoms with Crippen LogP contribution in [0.4, 0.5) is 5.69 Å². The Morgan fingerprint density at radius 2 is 1.86 bits per heavy atom. The molecule has 3 N–H and O–H groups in total. The largest absolute Gasteiger partial charge is 0.508 e. The van der Waals surface area contributed by atoms with Crippen LogP contribution in [0.5, 0.6) is 23.1 Å². The molecule has 2 aromatic carbocycles. The van der Waals surface area contributed by atoms with Gasteiger partial charge in [0.25, 0.3) is 0 Å². The fraction of sp³-hybridized carbons (Fsp3) is 0.273. The predicted molar refractivity (Wildman–Crippen MR) is 112 cm³/mol. The molecule has 0 unspecified atom stereocenters. The molecule has 0 radical (unpaired) electrons. The second-order valence-corrected chi connectivity index (χ2v) is 6.91. The molecule has 0 amide bonds. The second-order valence-electron chi connectivity index (χ2n) is 6.91. The van der Waals surface area contributed by atoms with Gasteiger partial charge in [-0.1, -0.05) is 0 Å². The maximum Gasteiger partial charge on any atom is 0.246 e. The lowest BCUT2D eigenvalue weighted by Crippen LogP contribution is -2.29. The first-order valence-corrected chi connectivity index (χ1v) is 9.67. The number of nitrogens with zero attached hydrogens (tertiary/aromatic N) is 2. The number of ether oxygens (including phenoxy) is 2. The summed E-state index contributed by atoms with van der Waals surface area (Å²) in [6, 6.07) is 14.6. The summed E-state index contributed by atoms with van der Waals surface area (Å²) in [7, 11) is 1.63. The highest BCUT2D eigenvalue weighted by atomic mass is 16.5. The average molecular weight is 392 g/mol. The number of phenolic OH excluding ortho intramolecular Hbond substituents is 1. The summed E-state index contributed by atoms with van der Waals surface area (Å²) < 4.78 is 11.3. The Morgan fingerprint density at radius 1 is 1.10 bits per heavy atom. The van der Waals surface area contributed by atoms with E-state index in [1.165, 1.54) is 6.42 Å². The van der Waals surface area contributed by atoms with Crippen molar-refractivity contribution in [1.29, 1.82) is 0 Å². The summed E-state index contributed by atoms with van der Waals surface area (Å²) in [5.74, 6) is 2.59. The maximum absolute atomic E-state index is 9.52. The van der Waals surface area contributed by atoms with Crippen LogP contribution in [0.25, 0.3) is 11.4 Å². The van der Waals surface area contributed by atoms with Gasteiger partial charge in [-0.25, -0.2) is 4.98 Å². The van der Waals surface area contributed by atoms with Crippen molar-refractivity contribution in [3.8, 4) is 34.5 Å². The van der Waals surface area contributed by atoms with Gasteiger partial charge < -0.3 is 25.2 Å². The number of hydrogen-bond acceptors (Lipinski definition) is 7. The van der Waals surface area contributed by atoms with Gasteiger partial charge >= 0.3 is 0 Å². The van der Waals surface area contributed by atoms with E-state index in [0.717, 1.165) is 36.5 Å². The Balaban J connectivity index is 1.60. The molecule has 1 fully saturated rings. The topological polar surface area (TPSA) is 88.5 Å². The maximum atomic E-state index is 9.52. The normalized spacial score (nSPS) is 15.8. The monoisotopic (exact) mass is 392 g/mol. The summed E-state index contributed by atoms with van der Waals surface area (Å²) in [6.07, 6.45) is 4.08. The molecule has 1 saturated heterocycles. The van der Waals surface area contributed by atoms with Crippen molar-refractivity contribution < 1.29 is 14.6 Å². The quantitative estimate of drug-likeness (QED) is 0.563. The number of phenols is 1. The summed E-state index contributed by atoms with van der Waals surface area (Å²) in [5.41, 5.74) is 1.53. The molecule has 1 aliphatic rings. The molecule has 29 heavy (non-hydrogen) atoms. The minimum absolute atomic E-state index is 0.200. The second kappa shape index (κ2) is 8.79. The third-order valence-corrected chi connectivity index (χ3v) is 4.85. The van der Waals surface area contributed by atoms with Gasteiger partial charge in [-0.3, -0.25) is 0 Å². The Morgan fingerprint density at radius 3 is 2.55 bits per heavy atom. The smallest absolute Gasteiger partial charge is 0.246 e. The lowest BCUT2D eigenvalue weighted by Gasteiger charge is -2.16. The number of nitrogens with one attached hydrogen (secondary N) is 2. The van der Waals surface area contributed by atoms with Gasteiger partial charge in [-0.15, -0.1) is 0 Å². The first-order valence-electron chi connectivity index (χ1n) is 9.67. The van der Waals surface area contributed by atoms with Crippen LogP contribution in [0, 0.1) is 0 Å². The van der Waals surface area contributed by atoms with Gasteiger partial charge in [0, 0.05) is 18.2 Å². The number of anilines is 1. The van der Waals surface area contributed by atoms with Gasteiger partial charge in [-0.05, 0) is 67.9 Å². The zero-order valence-electron chi connectivity index (χ0n) is 16.3. The number of benzene rings is 2. The highest BCUT2D eigenvalue weighted by Gasteiger charge is 2.16. The summed E-state index contributed by atoms with van der Waals surface area (Å²) in [6.45, 7) is 1.83. The van der Waals surface area contributed by atoms with Gasteiger partial charge in [0.15, 0.2) is 5.82 Å². The number of aromatic nitrogens is 2. The van der Waals surface area contributed by atoms with Crippen molar-refractivity contribution in [1.82, 2.24) is 15.3 Å². The number of rotatable bonds is 7. The van der Waals surface area contributed by atoms with Crippen LogP contribution in [0.3, 0.4) is 0 Å². The lowest BCUT2D eigenvalue weighted by molar-refractivity contribution is 0.412. The van der Waals surface area contributed by atoms with E-state index < -0.39 is 0 Å². The minimum atomic E-state index is 0.200. The Kier molecular flexibility index (Phi) is 5.76. The van der Waals surface area contributed by atoms with E-state index in [1.807, 2.05) is 24.3 Å². The molecule has 1 atom stereocenters. The molecule has 150 valence electrons. The molecule has 1 aromatic heterocycles. The van der Waals surface area contributed by atoms with E-state index in [1.54, 1.807) is 37.6 Å². The van der Waals surface area contributed by atoms with Crippen LogP contribution in [-0.2, 0) is 0 Å². The van der Waals surface area contributed by atoms with Crippen LogP contribution in [0.1, 0.15) is 12.8 Å². The van der Waals surface area contributed by atoms with Gasteiger partial charge in [-0.2, -0.15) is 4.98 Å². The average Bonchev–Trinajstić information content (AvgIpc) is 3.28. The van der Waals surface area contributed by atoms with Gasteiger partial charge in [0.1, 0.15) is 22.9 Å². The van der Waals surface area contributed by atoms with Crippen molar-refractivity contribution in [2.75, 3.05) is 25.5 Å². The molecule has 7 heteroatoms. The molecule has 2 heterocycles. The minimum Gasteiger partial charge on any atom is -0.508 e. The third kappa shape index (κ3) is 4.75. The molecule has 7 nitrogen and oxygen atoms in total. The van der Waals surface area contributed by atoms with E-state index in [2.05, 4.69) is 20.6 Å². The fourth-order valence-corrected chi connectivity index (χ4v) is 3.23. The number of methoxy groups -OCH3 is 1. The van der Waals surface area contributed by atoms with Crippen LogP contribution in [0.15, 0.2) is 54.7 Å². The summed E-state index contributed by atoms with van der Waals surface area (Å²) >= 11 is 0. The SMILES string of the molecule is COc1ccc(Oc2nc(-c3ccc(O)cc3)ncc2NC[C@@H]2CCCN2)cc1. The van der Waals surface area contributed by atoms with Crippen LogP contribution >= 0.6 is 0 Å². The van der Waals surface area contributed by atoms with E-state index in [4.69, 9.17) is 9.47 Å². The van der Waals surface area contributed by atoms with E-state index in [9.17, 15) is 5.11 Å². The Hall–Kier alpha value is -3.32. The van der Waals surface area contributed by atoms with Gasteiger partial charge in [0.05, 0.1) is 13.3 Å². The van der Waals surface area contributed by atoms with Crippen molar-refractivity contribution in [3.63, 3.8) is 0 Å². The fourth-order valence-electron chi connectivity index (χ4n) is 3.23. The van der Waals surface area contributed by atoms with E-state index >= 15 is 0 Å².